The predicted molar refractivity (Wildman–Crippen MR) is 351 cm³/mol. The standard InChI is InChI=1S/C30H46N2O16.C13H24O11.3C7H14O5/c1-13(2)18(27(41)43-4)31-26(40)19(32-30(42)44-12-15-8-6-5-7-9-15)14(3)45-29-25(23(38)21(36)17(11-34)47-29)48-28-24(39)22(37)20(35)16(10-33)46-28;1-21-13-11(9(19)7(17)5(3-15)23-13)24-12-10(20)8(18)6(16)4(2-14)22-12;3*1-3-5(9)7(11)6(10)4(2-8)12-3/h5-9,13-14,16-25,28-29,33-39H,10-12H2,1-4H3,(H,31,40)(H,32,42);4-20H,2-3H2,1H3;3*3-11H,2H2,1H3/t14-,16?,17?,18+,19+,20-,21-,22+,23+,24?,25?,28-,29+;4?,5?,6-,7-,8+,9+,10?,11?,12-,13+;3?,4?,5?,6-,7-;2*3-,4?,5?,6-,7-/m11111/s1. The smallest absolute Gasteiger partial charge is 0.408 e. The molecular weight excluding hydrogens is 1470 g/mol. The molecule has 44 heteroatoms. The minimum atomic E-state index is -1.91. The van der Waals surface area contributed by atoms with E-state index in [0.717, 1.165) is 7.11 Å². The van der Waals surface area contributed by atoms with Crippen LogP contribution in [0.15, 0.2) is 30.3 Å². The molecule has 0 saturated carbocycles. The first-order valence-electron chi connectivity index (χ1n) is 34.4. The number of hydrogen-bond acceptors (Lipinski definition) is 42. The van der Waals surface area contributed by atoms with E-state index in [1.54, 1.807) is 65.0 Å². The first kappa shape index (κ1) is 96.3. The third-order valence-electron chi connectivity index (χ3n) is 18.6. The number of alkyl carbamates (subject to hydrolysis) is 1. The fourth-order valence-corrected chi connectivity index (χ4v) is 11.7. The second kappa shape index (κ2) is 45.7. The Bertz CT molecular complexity index is 2610. The molecule has 7 fully saturated rings. The SMILES string of the molecule is CC1OC(CO)[C@@H](O)[C@H](O)C1O.COC(=O)[C@@H](NC(=O)[C@@H](NC(=O)OCc1ccccc1)[C@@H](C)O[C@H]1OC(CO)[C@@H](O)[C@H](O)C1O[C@H]1OC(CO)[C@@H](O)[C@H](O)C1O)C(C)C.CO[C@H]1OC(CO)[C@@H](O)[C@H](O)C1O[C@H]1OC(CO)[C@@H](O)[C@H](O)C1O.C[C@H]1OC(CO)[C@@H](O)[C@H](O)C1O.C[C@H]1OC(CO)[C@@H](O)[C@H](O)C1O. The molecule has 28 N–H and O–H groups in total. The number of aliphatic hydroxyl groups excluding tert-OH is 26. The lowest BCUT2D eigenvalue weighted by Crippen LogP contribution is -2.65. The summed E-state index contributed by atoms with van der Waals surface area (Å²) in [6, 6.07) is 5.92. The second-order valence-electron chi connectivity index (χ2n) is 26.6. The van der Waals surface area contributed by atoms with Crippen LogP contribution >= 0.6 is 0 Å². The van der Waals surface area contributed by atoms with Crippen LogP contribution in [0.1, 0.15) is 47.1 Å². The van der Waals surface area contributed by atoms with Crippen LogP contribution in [0.4, 0.5) is 4.79 Å². The van der Waals surface area contributed by atoms with E-state index >= 15 is 0 Å². The quantitative estimate of drug-likeness (QED) is 0.0479. The van der Waals surface area contributed by atoms with Crippen molar-refractivity contribution in [1.29, 1.82) is 0 Å². The Balaban J connectivity index is 0.000000334. The topological polar surface area (TPSA) is 721 Å². The number of hydrogen-bond donors (Lipinski definition) is 28. The van der Waals surface area contributed by atoms with Crippen molar-refractivity contribution in [2.45, 2.75) is 281 Å². The Kier molecular flexibility index (Phi) is 40.8. The van der Waals surface area contributed by atoms with Gasteiger partial charge in [-0.1, -0.05) is 44.2 Å². The molecular formula is C64H112N2O42. The molecule has 7 aliphatic heterocycles. The maximum absolute atomic E-state index is 13.6. The van der Waals surface area contributed by atoms with E-state index in [-0.39, 0.29) is 26.4 Å². The highest BCUT2D eigenvalue weighted by Crippen LogP contribution is 2.33. The molecule has 0 bridgehead atoms. The summed E-state index contributed by atoms with van der Waals surface area (Å²) in [7, 11) is 2.38. The molecule has 0 radical (unpaired) electrons. The summed E-state index contributed by atoms with van der Waals surface area (Å²) in [5, 5.41) is 253. The van der Waals surface area contributed by atoms with Crippen LogP contribution in [0.25, 0.3) is 0 Å². The largest absolute Gasteiger partial charge is 0.467 e. The van der Waals surface area contributed by atoms with Gasteiger partial charge in [-0.3, -0.25) is 4.79 Å². The van der Waals surface area contributed by atoms with Crippen molar-refractivity contribution < 1.29 is 209 Å². The molecule has 38 atom stereocenters. The number of rotatable bonds is 22. The maximum atomic E-state index is 13.6. The van der Waals surface area contributed by atoms with Crippen molar-refractivity contribution in [3.8, 4) is 0 Å². The molecule has 7 saturated heterocycles. The Morgan fingerprint density at radius 1 is 0.380 bits per heavy atom. The Morgan fingerprint density at radius 2 is 0.685 bits per heavy atom. The van der Waals surface area contributed by atoms with E-state index in [1.807, 2.05) is 0 Å². The first-order valence-corrected chi connectivity index (χ1v) is 34.4. The number of nitrogens with one attached hydrogen (secondary N) is 2. The van der Waals surface area contributed by atoms with Gasteiger partial charge in [-0.15, -0.1) is 0 Å². The monoisotopic (exact) mass is 1580 g/mol. The summed E-state index contributed by atoms with van der Waals surface area (Å²) >= 11 is 0. The zero-order chi connectivity index (χ0) is 81.6. The molecule has 7 heterocycles. The number of carbonyl (C=O) groups is 3. The van der Waals surface area contributed by atoms with Crippen LogP contribution in [0, 0.1) is 5.92 Å². The van der Waals surface area contributed by atoms with Crippen LogP contribution in [0.5, 0.6) is 0 Å². The fourth-order valence-electron chi connectivity index (χ4n) is 11.7. The third-order valence-corrected chi connectivity index (χ3v) is 18.6. The summed E-state index contributed by atoms with van der Waals surface area (Å²) < 4.78 is 68.5. The zero-order valence-corrected chi connectivity index (χ0v) is 60.2. The number of carbonyl (C=O) groups excluding carboxylic acids is 3. The van der Waals surface area contributed by atoms with E-state index in [9.17, 15) is 122 Å². The van der Waals surface area contributed by atoms with Gasteiger partial charge >= 0.3 is 12.1 Å². The van der Waals surface area contributed by atoms with Gasteiger partial charge in [0.05, 0.1) is 77.8 Å². The van der Waals surface area contributed by atoms with Gasteiger partial charge in [0.25, 0.3) is 0 Å². The van der Waals surface area contributed by atoms with E-state index < -0.39 is 283 Å². The fraction of sp³-hybridized carbons (Fsp3) is 0.859. The lowest BCUT2D eigenvalue weighted by molar-refractivity contribution is -0.371. The van der Waals surface area contributed by atoms with Crippen LogP contribution in [0.2, 0.25) is 0 Å². The number of benzene rings is 1. The third kappa shape index (κ3) is 25.2. The predicted octanol–water partition coefficient (Wildman–Crippen LogP) is -14.6. The molecule has 44 nitrogen and oxygen atoms in total. The molecule has 630 valence electrons. The van der Waals surface area contributed by atoms with Crippen molar-refractivity contribution in [2.75, 3.05) is 60.5 Å². The van der Waals surface area contributed by atoms with Gasteiger partial charge in [0.2, 0.25) is 5.91 Å². The summed E-state index contributed by atoms with van der Waals surface area (Å²) in [4.78, 5) is 38.9. The number of amides is 2. The summed E-state index contributed by atoms with van der Waals surface area (Å²) in [6.07, 6.45) is -48.8. The molecule has 108 heavy (non-hydrogen) atoms. The molecule has 0 aromatic heterocycles. The molecule has 1 aromatic carbocycles. The average molecular weight is 1580 g/mol. The molecule has 0 aliphatic carbocycles. The molecule has 1 aromatic rings. The van der Waals surface area contributed by atoms with Crippen molar-refractivity contribution in [1.82, 2.24) is 10.6 Å². The molecule has 2 amide bonds. The van der Waals surface area contributed by atoms with Gasteiger partial charge < -0.3 is 205 Å². The lowest BCUT2D eigenvalue weighted by atomic mass is 9.96. The highest BCUT2D eigenvalue weighted by Gasteiger charge is 2.54. The van der Waals surface area contributed by atoms with Crippen LogP contribution in [0.3, 0.4) is 0 Å². The molecule has 15 unspecified atom stereocenters. The Labute approximate surface area is 618 Å². The van der Waals surface area contributed by atoms with Crippen molar-refractivity contribution >= 4 is 18.0 Å². The second-order valence-corrected chi connectivity index (χ2v) is 26.6. The first-order chi connectivity index (χ1) is 50.8. The highest BCUT2D eigenvalue weighted by molar-refractivity contribution is 5.90. The van der Waals surface area contributed by atoms with E-state index in [0.29, 0.717) is 5.56 Å². The van der Waals surface area contributed by atoms with E-state index in [4.69, 9.17) is 87.1 Å². The number of aliphatic hydroxyl groups is 26. The van der Waals surface area contributed by atoms with Crippen molar-refractivity contribution in [2.24, 2.45) is 5.92 Å². The van der Waals surface area contributed by atoms with Gasteiger partial charge in [0.15, 0.2) is 25.2 Å². The van der Waals surface area contributed by atoms with Gasteiger partial charge in [0, 0.05) is 7.11 Å². The maximum Gasteiger partial charge on any atom is 0.408 e. The average Bonchev–Trinajstić information content (AvgIpc) is 0.782. The van der Waals surface area contributed by atoms with Gasteiger partial charge in [-0.05, 0) is 39.2 Å². The molecule has 0 spiro atoms. The number of methoxy groups -OCH3 is 2. The Morgan fingerprint density at radius 3 is 1.01 bits per heavy atom. The summed E-state index contributed by atoms with van der Waals surface area (Å²) in [5.41, 5.74) is 0.648. The van der Waals surface area contributed by atoms with Crippen LogP contribution < -0.4 is 10.6 Å². The van der Waals surface area contributed by atoms with Crippen molar-refractivity contribution in [3.05, 3.63) is 35.9 Å². The minimum Gasteiger partial charge on any atom is -0.467 e. The number of esters is 1. The summed E-state index contributed by atoms with van der Waals surface area (Å²) in [6.45, 7) is 5.29. The Hall–Kier alpha value is -4.05. The van der Waals surface area contributed by atoms with Gasteiger partial charge in [-0.25, -0.2) is 9.59 Å². The number of ether oxygens (including phenoxy) is 13. The van der Waals surface area contributed by atoms with Crippen LogP contribution in [-0.4, -0.2) is 444 Å². The van der Waals surface area contributed by atoms with E-state index in [2.05, 4.69) is 10.6 Å². The summed E-state index contributed by atoms with van der Waals surface area (Å²) in [5.74, 6) is -2.11. The van der Waals surface area contributed by atoms with E-state index in [1.165, 1.54) is 14.0 Å². The van der Waals surface area contributed by atoms with Gasteiger partial charge in [0.1, 0.15) is 190 Å². The van der Waals surface area contributed by atoms with Crippen molar-refractivity contribution in [3.63, 3.8) is 0 Å². The molecule has 7 aliphatic rings. The van der Waals surface area contributed by atoms with Gasteiger partial charge in [-0.2, -0.15) is 0 Å². The highest BCUT2D eigenvalue weighted by atomic mass is 16.8. The normalized spacial score (nSPS) is 42.0. The minimum absolute atomic E-state index is 0.157. The molecule has 8 rings (SSSR count). The lowest BCUT2D eigenvalue weighted by Gasteiger charge is -2.46. The van der Waals surface area contributed by atoms with Crippen LogP contribution in [-0.2, 0) is 77.8 Å². The zero-order valence-electron chi connectivity index (χ0n) is 60.2.